The van der Waals surface area contributed by atoms with Gasteiger partial charge in [-0.15, -0.1) is 11.3 Å². The molecule has 0 atom stereocenters. The molecule has 5 nitrogen and oxygen atoms in total. The smallest absolute Gasteiger partial charge is 0.229 e. The summed E-state index contributed by atoms with van der Waals surface area (Å²) >= 11 is 1.49. The van der Waals surface area contributed by atoms with Crippen molar-refractivity contribution in [2.45, 2.75) is 19.3 Å². The van der Waals surface area contributed by atoms with Crippen molar-refractivity contribution in [1.29, 1.82) is 0 Å². The fourth-order valence-electron chi connectivity index (χ4n) is 3.86. The fourth-order valence-corrected chi connectivity index (χ4v) is 4.65. The van der Waals surface area contributed by atoms with Gasteiger partial charge in [-0.25, -0.2) is 9.37 Å². The van der Waals surface area contributed by atoms with Crippen molar-refractivity contribution in [2.75, 3.05) is 45.9 Å². The molecule has 2 aliphatic heterocycles. The van der Waals surface area contributed by atoms with E-state index in [1.54, 1.807) is 12.1 Å². The summed E-state index contributed by atoms with van der Waals surface area (Å²) in [7, 11) is 0. The van der Waals surface area contributed by atoms with Gasteiger partial charge in [-0.05, 0) is 43.0 Å². The molecule has 150 valence electrons. The van der Waals surface area contributed by atoms with Crippen LogP contribution in [-0.2, 0) is 16.0 Å². The van der Waals surface area contributed by atoms with Gasteiger partial charge in [0.05, 0.1) is 12.1 Å². The molecule has 2 aliphatic rings. The van der Waals surface area contributed by atoms with Gasteiger partial charge in [0, 0.05) is 56.9 Å². The van der Waals surface area contributed by atoms with E-state index in [1.165, 1.54) is 23.5 Å². The van der Waals surface area contributed by atoms with E-state index in [9.17, 15) is 9.18 Å². The number of amides is 1. The largest absolute Gasteiger partial charge is 0.381 e. The maximum absolute atomic E-state index is 13.1. The molecule has 0 saturated carbocycles. The van der Waals surface area contributed by atoms with Gasteiger partial charge in [-0.1, -0.05) is 0 Å². The summed E-state index contributed by atoms with van der Waals surface area (Å²) in [5.41, 5.74) is 1.67. The summed E-state index contributed by atoms with van der Waals surface area (Å²) in [5.74, 6) is 0.618. The molecule has 1 amide bonds. The minimum atomic E-state index is -0.259. The SMILES string of the molecule is O=C(Cc1nc(-c2ccc(F)cc2)cs1)N1CCN(CC2CCOCC2)CC1. The Morgan fingerprint density at radius 2 is 1.86 bits per heavy atom. The lowest BCUT2D eigenvalue weighted by atomic mass is 9.99. The molecule has 2 saturated heterocycles. The van der Waals surface area contributed by atoms with E-state index in [0.29, 0.717) is 6.42 Å². The number of carbonyl (C=O) groups is 1. The van der Waals surface area contributed by atoms with Gasteiger partial charge in [0.1, 0.15) is 10.8 Å². The first-order valence-electron chi connectivity index (χ1n) is 9.95. The summed E-state index contributed by atoms with van der Waals surface area (Å²) in [5, 5.41) is 2.75. The van der Waals surface area contributed by atoms with Crippen molar-refractivity contribution < 1.29 is 13.9 Å². The zero-order valence-electron chi connectivity index (χ0n) is 16.0. The summed E-state index contributed by atoms with van der Waals surface area (Å²) in [6.07, 6.45) is 2.64. The summed E-state index contributed by atoms with van der Waals surface area (Å²) < 4.78 is 18.5. The van der Waals surface area contributed by atoms with Gasteiger partial charge in [0.2, 0.25) is 5.91 Å². The molecule has 0 aliphatic carbocycles. The van der Waals surface area contributed by atoms with Crippen LogP contribution in [0.3, 0.4) is 0 Å². The Labute approximate surface area is 169 Å². The molecule has 2 fully saturated rings. The van der Waals surface area contributed by atoms with Crippen LogP contribution in [0.15, 0.2) is 29.6 Å². The number of hydrogen-bond acceptors (Lipinski definition) is 5. The maximum atomic E-state index is 13.1. The molecule has 28 heavy (non-hydrogen) atoms. The van der Waals surface area contributed by atoms with Crippen molar-refractivity contribution in [3.05, 3.63) is 40.5 Å². The molecule has 2 aromatic rings. The number of ether oxygens (including phenoxy) is 1. The van der Waals surface area contributed by atoms with E-state index >= 15 is 0 Å². The minimum Gasteiger partial charge on any atom is -0.381 e. The normalized spacial score (nSPS) is 19.1. The molecule has 1 aromatic heterocycles. The number of nitrogens with zero attached hydrogens (tertiary/aromatic N) is 3. The monoisotopic (exact) mass is 403 g/mol. The molecule has 1 aromatic carbocycles. The third-order valence-corrected chi connectivity index (χ3v) is 6.43. The number of piperazine rings is 1. The van der Waals surface area contributed by atoms with Gasteiger partial charge in [0.15, 0.2) is 0 Å². The highest BCUT2D eigenvalue weighted by Gasteiger charge is 2.24. The van der Waals surface area contributed by atoms with Crippen molar-refractivity contribution in [3.8, 4) is 11.3 Å². The molecule has 0 radical (unpaired) electrons. The van der Waals surface area contributed by atoms with E-state index in [2.05, 4.69) is 9.88 Å². The van der Waals surface area contributed by atoms with E-state index in [4.69, 9.17) is 4.74 Å². The highest BCUT2D eigenvalue weighted by molar-refractivity contribution is 7.10. The van der Waals surface area contributed by atoms with Crippen LogP contribution < -0.4 is 0 Å². The molecule has 0 N–H and O–H groups in total. The Balaban J connectivity index is 1.26. The number of aromatic nitrogens is 1. The topological polar surface area (TPSA) is 45.7 Å². The van der Waals surface area contributed by atoms with Crippen LogP contribution in [-0.4, -0.2) is 66.6 Å². The van der Waals surface area contributed by atoms with Gasteiger partial charge in [0.25, 0.3) is 0 Å². The molecule has 0 unspecified atom stereocenters. The van der Waals surface area contributed by atoms with Crippen LogP contribution in [0.25, 0.3) is 11.3 Å². The minimum absolute atomic E-state index is 0.144. The summed E-state index contributed by atoms with van der Waals surface area (Å²) in [4.78, 5) is 21.7. The molecule has 4 rings (SSSR count). The molecular formula is C21H26FN3O2S. The van der Waals surface area contributed by atoms with E-state index in [1.807, 2.05) is 10.3 Å². The second-order valence-electron chi connectivity index (χ2n) is 7.55. The third-order valence-electron chi connectivity index (χ3n) is 5.58. The molecule has 0 spiro atoms. The van der Waals surface area contributed by atoms with E-state index in [0.717, 1.165) is 81.0 Å². The predicted octanol–water partition coefficient (Wildman–Crippen LogP) is 3.06. The van der Waals surface area contributed by atoms with Gasteiger partial charge < -0.3 is 9.64 Å². The number of halogens is 1. The zero-order chi connectivity index (χ0) is 19.3. The van der Waals surface area contributed by atoms with Crippen LogP contribution in [0.5, 0.6) is 0 Å². The van der Waals surface area contributed by atoms with Crippen LogP contribution in [0, 0.1) is 11.7 Å². The molecule has 7 heteroatoms. The fraction of sp³-hybridized carbons (Fsp3) is 0.524. The Hall–Kier alpha value is -1.83. The first-order valence-corrected chi connectivity index (χ1v) is 10.8. The molecule has 3 heterocycles. The van der Waals surface area contributed by atoms with E-state index < -0.39 is 0 Å². The van der Waals surface area contributed by atoms with Crippen LogP contribution in [0.4, 0.5) is 4.39 Å². The predicted molar refractivity (Wildman–Crippen MR) is 108 cm³/mol. The van der Waals surface area contributed by atoms with Crippen LogP contribution in [0.1, 0.15) is 17.8 Å². The van der Waals surface area contributed by atoms with Crippen LogP contribution in [0.2, 0.25) is 0 Å². The van der Waals surface area contributed by atoms with Crippen LogP contribution >= 0.6 is 11.3 Å². The standard InChI is InChI=1S/C21H26FN3O2S/c22-18-3-1-17(2-4-18)19-15-28-20(23-19)13-21(26)25-9-7-24(8-10-25)14-16-5-11-27-12-6-16/h1-4,15-16H,5-14H2. The number of benzene rings is 1. The summed E-state index contributed by atoms with van der Waals surface area (Å²) in [6, 6.07) is 6.29. The lowest BCUT2D eigenvalue weighted by Crippen LogP contribution is -2.50. The molecular weight excluding hydrogens is 377 g/mol. The Morgan fingerprint density at radius 1 is 1.14 bits per heavy atom. The highest BCUT2D eigenvalue weighted by Crippen LogP contribution is 2.23. The number of rotatable bonds is 5. The lowest BCUT2D eigenvalue weighted by molar-refractivity contribution is -0.132. The second-order valence-corrected chi connectivity index (χ2v) is 8.49. The average molecular weight is 404 g/mol. The van der Waals surface area contributed by atoms with Crippen molar-refractivity contribution in [1.82, 2.24) is 14.8 Å². The van der Waals surface area contributed by atoms with Crippen molar-refractivity contribution >= 4 is 17.2 Å². The van der Waals surface area contributed by atoms with Crippen molar-refractivity contribution in [3.63, 3.8) is 0 Å². The summed E-state index contributed by atoms with van der Waals surface area (Å²) in [6.45, 7) is 6.37. The Morgan fingerprint density at radius 3 is 2.57 bits per heavy atom. The van der Waals surface area contributed by atoms with Crippen molar-refractivity contribution in [2.24, 2.45) is 5.92 Å². The zero-order valence-corrected chi connectivity index (χ0v) is 16.8. The quantitative estimate of drug-likeness (QED) is 0.770. The average Bonchev–Trinajstić information content (AvgIpc) is 3.18. The maximum Gasteiger partial charge on any atom is 0.229 e. The first-order chi connectivity index (χ1) is 13.7. The molecule has 0 bridgehead atoms. The highest BCUT2D eigenvalue weighted by atomic mass is 32.1. The second kappa shape index (κ2) is 9.11. The van der Waals surface area contributed by atoms with Gasteiger partial charge in [-0.3, -0.25) is 9.69 Å². The number of hydrogen-bond donors (Lipinski definition) is 0. The Kier molecular flexibility index (Phi) is 6.34. The van der Waals surface area contributed by atoms with E-state index in [-0.39, 0.29) is 11.7 Å². The van der Waals surface area contributed by atoms with Gasteiger partial charge in [-0.2, -0.15) is 0 Å². The van der Waals surface area contributed by atoms with Gasteiger partial charge >= 0.3 is 0 Å². The number of thiazole rings is 1. The first kappa shape index (κ1) is 19.5. The third kappa shape index (κ3) is 4.96. The lowest BCUT2D eigenvalue weighted by Gasteiger charge is -2.37. The number of carbonyl (C=O) groups excluding carboxylic acids is 1. The Bertz CT molecular complexity index is 781.